The van der Waals surface area contributed by atoms with E-state index >= 15 is 0 Å². The van der Waals surface area contributed by atoms with Crippen LogP contribution < -0.4 is 11.5 Å². The zero-order valence-electron chi connectivity index (χ0n) is 10.0. The van der Waals surface area contributed by atoms with Crippen LogP contribution in [0, 0.1) is 0 Å². The van der Waals surface area contributed by atoms with Crippen LogP contribution in [0.3, 0.4) is 0 Å². The lowest BCUT2D eigenvalue weighted by Gasteiger charge is -2.17. The second kappa shape index (κ2) is 5.33. The molecule has 0 bridgehead atoms. The normalized spacial score (nSPS) is 10.2. The highest BCUT2D eigenvalue weighted by Crippen LogP contribution is 2.11. The molecule has 0 spiro atoms. The monoisotopic (exact) mass is 239 g/mol. The fourth-order valence-corrected chi connectivity index (χ4v) is 1.43. The van der Waals surface area contributed by atoms with Gasteiger partial charge < -0.3 is 16.4 Å². The van der Waals surface area contributed by atoms with Gasteiger partial charge in [-0.15, -0.1) is 0 Å². The van der Waals surface area contributed by atoms with Crippen molar-refractivity contribution in [3.63, 3.8) is 0 Å². The third-order valence-corrected chi connectivity index (χ3v) is 2.33. The molecule has 1 aromatic heterocycles. The number of nitrogens with two attached hydrogens (primary N) is 2. The first kappa shape index (κ1) is 13.0. The summed E-state index contributed by atoms with van der Waals surface area (Å²) in [6, 6.07) is 0. The van der Waals surface area contributed by atoms with Gasteiger partial charge in [0.25, 0.3) is 5.91 Å². The molecule has 0 saturated heterocycles. The Bertz CT molecular complexity index is 426. The molecule has 0 aliphatic rings. The number of likely N-dealkylation sites (N-methyl/N-ethyl adjacent to an activating group) is 1. The largest absolute Gasteiger partial charge is 0.396 e. The van der Waals surface area contributed by atoms with E-state index in [9.17, 15) is 9.59 Å². The molecule has 0 aliphatic heterocycles. The fourth-order valence-electron chi connectivity index (χ4n) is 1.43. The maximum Gasteiger partial charge on any atom is 0.276 e. The second-order valence-corrected chi connectivity index (χ2v) is 3.57. The summed E-state index contributed by atoms with van der Waals surface area (Å²) in [5.74, 6) is -0.940. The topological polar surface area (TPSA) is 107 Å². The number of aryl methyl sites for hydroxylation is 1. The summed E-state index contributed by atoms with van der Waals surface area (Å²) in [4.78, 5) is 24.2. The first-order chi connectivity index (χ1) is 7.99. The standard InChI is InChI=1S/C10H17N5O2/c1-3-14(6-8(12)16)10(17)9-7(11)5-15(4-2)13-9/h5H,3-4,6,11H2,1-2H3,(H2,12,16). The molecule has 94 valence electrons. The lowest BCUT2D eigenvalue weighted by Crippen LogP contribution is -2.38. The van der Waals surface area contributed by atoms with Gasteiger partial charge in [0.05, 0.1) is 12.2 Å². The molecule has 0 atom stereocenters. The smallest absolute Gasteiger partial charge is 0.276 e. The van der Waals surface area contributed by atoms with E-state index in [1.807, 2.05) is 6.92 Å². The average Bonchev–Trinajstić information content (AvgIpc) is 2.66. The minimum absolute atomic E-state index is 0.131. The van der Waals surface area contributed by atoms with Crippen LogP contribution in [0.5, 0.6) is 0 Å². The number of nitrogen functional groups attached to an aromatic ring is 1. The molecule has 17 heavy (non-hydrogen) atoms. The lowest BCUT2D eigenvalue weighted by atomic mass is 10.3. The molecule has 7 heteroatoms. The lowest BCUT2D eigenvalue weighted by molar-refractivity contribution is -0.118. The minimum atomic E-state index is -0.561. The molecule has 1 heterocycles. The number of nitrogens with zero attached hydrogens (tertiary/aromatic N) is 3. The molecular formula is C10H17N5O2. The van der Waals surface area contributed by atoms with E-state index in [2.05, 4.69) is 5.10 Å². The summed E-state index contributed by atoms with van der Waals surface area (Å²) in [5.41, 5.74) is 11.2. The van der Waals surface area contributed by atoms with Crippen LogP contribution in [0.25, 0.3) is 0 Å². The van der Waals surface area contributed by atoms with Crippen molar-refractivity contribution in [2.45, 2.75) is 20.4 Å². The molecule has 0 fully saturated rings. The van der Waals surface area contributed by atoms with Gasteiger partial charge in [0.15, 0.2) is 5.69 Å². The number of rotatable bonds is 5. The summed E-state index contributed by atoms with van der Waals surface area (Å²) in [5, 5.41) is 4.05. The van der Waals surface area contributed by atoms with E-state index in [1.165, 1.54) is 4.90 Å². The molecule has 0 radical (unpaired) electrons. The number of carbonyl (C=O) groups is 2. The van der Waals surface area contributed by atoms with Gasteiger partial charge in [-0.05, 0) is 13.8 Å². The molecule has 7 nitrogen and oxygen atoms in total. The van der Waals surface area contributed by atoms with Crippen LogP contribution in [0.2, 0.25) is 0 Å². The molecule has 4 N–H and O–H groups in total. The quantitative estimate of drug-likeness (QED) is 0.717. The van der Waals surface area contributed by atoms with E-state index in [4.69, 9.17) is 11.5 Å². The van der Waals surface area contributed by atoms with Crippen molar-refractivity contribution in [1.82, 2.24) is 14.7 Å². The predicted molar refractivity (Wildman–Crippen MR) is 63.1 cm³/mol. The molecule has 0 aromatic carbocycles. The Morgan fingerprint density at radius 3 is 2.53 bits per heavy atom. The van der Waals surface area contributed by atoms with E-state index < -0.39 is 5.91 Å². The molecule has 2 amide bonds. The van der Waals surface area contributed by atoms with Gasteiger partial charge >= 0.3 is 0 Å². The zero-order valence-corrected chi connectivity index (χ0v) is 10.0. The first-order valence-electron chi connectivity index (χ1n) is 5.40. The number of amides is 2. The van der Waals surface area contributed by atoms with Crippen molar-refractivity contribution < 1.29 is 9.59 Å². The van der Waals surface area contributed by atoms with Crippen molar-refractivity contribution in [2.75, 3.05) is 18.8 Å². The van der Waals surface area contributed by atoms with E-state index in [0.717, 1.165) is 0 Å². The maximum absolute atomic E-state index is 12.0. The first-order valence-corrected chi connectivity index (χ1v) is 5.40. The molecule has 0 saturated carbocycles. The maximum atomic E-state index is 12.0. The highest BCUT2D eigenvalue weighted by molar-refractivity contribution is 5.98. The Hall–Kier alpha value is -2.05. The Morgan fingerprint density at radius 1 is 1.47 bits per heavy atom. The Kier molecular flexibility index (Phi) is 4.08. The molecule has 0 aliphatic carbocycles. The number of carbonyl (C=O) groups excluding carboxylic acids is 2. The van der Waals surface area contributed by atoms with Crippen molar-refractivity contribution >= 4 is 17.5 Å². The van der Waals surface area contributed by atoms with E-state index in [1.54, 1.807) is 17.8 Å². The van der Waals surface area contributed by atoms with Crippen molar-refractivity contribution in [1.29, 1.82) is 0 Å². The molecule has 1 aromatic rings. The summed E-state index contributed by atoms with van der Waals surface area (Å²) in [7, 11) is 0. The van der Waals surface area contributed by atoms with Crippen LogP contribution in [0.4, 0.5) is 5.69 Å². The average molecular weight is 239 g/mol. The summed E-state index contributed by atoms with van der Waals surface area (Å²) < 4.78 is 1.57. The number of hydrogen-bond donors (Lipinski definition) is 2. The van der Waals surface area contributed by atoms with Gasteiger partial charge in [-0.1, -0.05) is 0 Å². The van der Waals surface area contributed by atoms with Gasteiger partial charge in [-0.25, -0.2) is 0 Å². The summed E-state index contributed by atoms with van der Waals surface area (Å²) in [6.45, 7) is 4.52. The van der Waals surface area contributed by atoms with Gasteiger partial charge in [0.1, 0.15) is 0 Å². The fraction of sp³-hybridized carbons (Fsp3) is 0.500. The minimum Gasteiger partial charge on any atom is -0.396 e. The van der Waals surface area contributed by atoms with Gasteiger partial charge in [0.2, 0.25) is 5.91 Å². The summed E-state index contributed by atoms with van der Waals surface area (Å²) >= 11 is 0. The summed E-state index contributed by atoms with van der Waals surface area (Å²) in [6.07, 6.45) is 1.59. The molecular weight excluding hydrogens is 222 g/mol. The van der Waals surface area contributed by atoms with Crippen LogP contribution in [0.1, 0.15) is 24.3 Å². The van der Waals surface area contributed by atoms with E-state index in [0.29, 0.717) is 18.8 Å². The van der Waals surface area contributed by atoms with Gasteiger partial charge in [-0.2, -0.15) is 5.10 Å². The number of aromatic nitrogens is 2. The highest BCUT2D eigenvalue weighted by atomic mass is 16.2. The zero-order chi connectivity index (χ0) is 13.0. The van der Waals surface area contributed by atoms with E-state index in [-0.39, 0.29) is 18.1 Å². The third-order valence-electron chi connectivity index (χ3n) is 2.33. The van der Waals surface area contributed by atoms with Crippen molar-refractivity contribution in [3.8, 4) is 0 Å². The number of anilines is 1. The Morgan fingerprint density at radius 2 is 2.12 bits per heavy atom. The Labute approximate surface area is 99.4 Å². The SMILES string of the molecule is CCN(CC(N)=O)C(=O)c1nn(CC)cc1N. The molecule has 0 unspecified atom stereocenters. The van der Waals surface area contributed by atoms with Crippen LogP contribution >= 0.6 is 0 Å². The van der Waals surface area contributed by atoms with Crippen LogP contribution in [-0.2, 0) is 11.3 Å². The van der Waals surface area contributed by atoms with Crippen LogP contribution in [-0.4, -0.2) is 39.6 Å². The number of hydrogen-bond acceptors (Lipinski definition) is 4. The predicted octanol–water partition coefficient (Wildman–Crippen LogP) is -0.567. The van der Waals surface area contributed by atoms with Gasteiger partial charge in [0, 0.05) is 19.3 Å². The van der Waals surface area contributed by atoms with Crippen LogP contribution in [0.15, 0.2) is 6.20 Å². The Balaban J connectivity index is 2.93. The second-order valence-electron chi connectivity index (χ2n) is 3.57. The van der Waals surface area contributed by atoms with Crippen molar-refractivity contribution in [3.05, 3.63) is 11.9 Å². The number of primary amides is 1. The highest BCUT2D eigenvalue weighted by Gasteiger charge is 2.21. The van der Waals surface area contributed by atoms with Gasteiger partial charge in [-0.3, -0.25) is 14.3 Å². The molecule has 1 rings (SSSR count). The van der Waals surface area contributed by atoms with Crippen molar-refractivity contribution in [2.24, 2.45) is 5.73 Å². The third kappa shape index (κ3) is 2.96.